The van der Waals surface area contributed by atoms with Crippen LogP contribution < -0.4 is 4.74 Å². The summed E-state index contributed by atoms with van der Waals surface area (Å²) < 4.78 is 141. The summed E-state index contributed by atoms with van der Waals surface area (Å²) in [6, 6.07) is 4.78. The molecular weight excluding hydrogens is 482 g/mol. The Labute approximate surface area is 185 Å². The van der Waals surface area contributed by atoms with Crippen molar-refractivity contribution in [2.24, 2.45) is 0 Å². The van der Waals surface area contributed by atoms with Gasteiger partial charge in [-0.25, -0.2) is 22.0 Å². The van der Waals surface area contributed by atoms with E-state index in [0.29, 0.717) is 17.7 Å². The van der Waals surface area contributed by atoms with Crippen molar-refractivity contribution in [1.82, 2.24) is 0 Å². The Morgan fingerprint density at radius 1 is 0.706 bits per heavy atom. The summed E-state index contributed by atoms with van der Waals surface area (Å²) in [6.07, 6.45) is -10.1. The number of hydrogen-bond donors (Lipinski definition) is 0. The number of aryl methyl sites for hydroxylation is 1. The Morgan fingerprint density at radius 2 is 1.26 bits per heavy atom. The van der Waals surface area contributed by atoms with Gasteiger partial charge in [-0.1, -0.05) is 12.1 Å². The van der Waals surface area contributed by atoms with E-state index in [9.17, 15) is 43.9 Å². The molecule has 0 unspecified atom stereocenters. The zero-order valence-electron chi connectivity index (χ0n) is 16.9. The van der Waals surface area contributed by atoms with Crippen LogP contribution in [-0.4, -0.2) is 6.18 Å². The Morgan fingerprint density at radius 3 is 1.76 bits per heavy atom. The molecule has 0 fully saturated rings. The molecule has 3 aromatic carbocycles. The Balaban J connectivity index is 1.96. The molecule has 0 aromatic heterocycles. The van der Waals surface area contributed by atoms with Crippen molar-refractivity contribution < 1.29 is 48.6 Å². The van der Waals surface area contributed by atoms with Gasteiger partial charge in [0.05, 0.1) is 0 Å². The smallest absolute Gasteiger partial charge is 0.429 e. The largest absolute Gasteiger partial charge is 0.432 e. The number of hydrogen-bond acceptors (Lipinski definition) is 1. The quantitative estimate of drug-likeness (QED) is 0.326. The van der Waals surface area contributed by atoms with Gasteiger partial charge in [0.15, 0.2) is 0 Å². The fourth-order valence-electron chi connectivity index (χ4n) is 3.02. The lowest BCUT2D eigenvalue weighted by Gasteiger charge is -2.20. The molecule has 0 amide bonds. The van der Waals surface area contributed by atoms with E-state index in [1.807, 2.05) is 0 Å². The highest BCUT2D eigenvalue weighted by molar-refractivity contribution is 5.65. The van der Waals surface area contributed by atoms with E-state index in [1.165, 1.54) is 12.1 Å². The summed E-state index contributed by atoms with van der Waals surface area (Å²) in [7, 11) is 0. The minimum absolute atomic E-state index is 0.0366. The number of allylic oxidation sites excluding steroid dienone is 1. The highest BCUT2D eigenvalue weighted by Gasteiger charge is 2.41. The van der Waals surface area contributed by atoms with E-state index in [-0.39, 0.29) is 23.8 Å². The third kappa shape index (κ3) is 5.52. The standard InChI is InChI=1S/C23H12F10O/c1-11-2-3-14(16(24)6-11)12-7-19(27)21(20(28)8-12)23(32,33)34-13-9-17(25)15(18(26)10-13)4-5-22(29,30)31/h2-10H,1H3/b5-4+. The molecule has 0 aliphatic carbocycles. The van der Waals surface area contributed by atoms with Gasteiger partial charge < -0.3 is 4.74 Å². The molecule has 0 heterocycles. The van der Waals surface area contributed by atoms with Gasteiger partial charge in [-0.05, 0) is 42.3 Å². The zero-order valence-corrected chi connectivity index (χ0v) is 16.9. The lowest BCUT2D eigenvalue weighted by atomic mass is 10.0. The molecule has 3 aromatic rings. The van der Waals surface area contributed by atoms with E-state index in [0.717, 1.165) is 6.07 Å². The van der Waals surface area contributed by atoms with Crippen LogP contribution in [0.2, 0.25) is 0 Å². The Bertz CT molecular complexity index is 1220. The molecule has 0 spiro atoms. The molecule has 0 atom stereocenters. The molecule has 0 radical (unpaired) electrons. The van der Waals surface area contributed by atoms with E-state index >= 15 is 0 Å². The molecule has 11 heteroatoms. The summed E-state index contributed by atoms with van der Waals surface area (Å²) >= 11 is 0. The van der Waals surface area contributed by atoms with Crippen LogP contribution in [-0.2, 0) is 6.11 Å². The van der Waals surface area contributed by atoms with E-state index in [4.69, 9.17) is 0 Å². The Kier molecular flexibility index (Phi) is 6.68. The summed E-state index contributed by atoms with van der Waals surface area (Å²) in [5.41, 5.74) is -3.30. The van der Waals surface area contributed by atoms with Crippen molar-refractivity contribution in [3.63, 3.8) is 0 Å². The molecule has 180 valence electrons. The first kappa shape index (κ1) is 25.1. The molecule has 34 heavy (non-hydrogen) atoms. The van der Waals surface area contributed by atoms with Gasteiger partial charge in [0.2, 0.25) is 0 Å². The van der Waals surface area contributed by atoms with E-state index in [2.05, 4.69) is 4.74 Å². The van der Waals surface area contributed by atoms with Crippen LogP contribution >= 0.6 is 0 Å². The lowest BCUT2D eigenvalue weighted by molar-refractivity contribution is -0.189. The molecule has 0 saturated heterocycles. The van der Waals surface area contributed by atoms with Crippen molar-refractivity contribution in [2.75, 3.05) is 0 Å². The molecule has 0 aliphatic rings. The van der Waals surface area contributed by atoms with Crippen molar-refractivity contribution in [3.8, 4) is 16.9 Å². The molecule has 0 saturated carbocycles. The summed E-state index contributed by atoms with van der Waals surface area (Å²) in [6.45, 7) is 1.56. The SMILES string of the molecule is Cc1ccc(-c2cc(F)c(C(F)(F)Oc3cc(F)c(/C=C/C(F)(F)F)c(F)c3)c(F)c2)c(F)c1. The van der Waals surface area contributed by atoms with E-state index in [1.54, 1.807) is 6.92 Å². The first-order chi connectivity index (χ1) is 15.7. The maximum Gasteiger partial charge on any atom is 0.432 e. The summed E-state index contributed by atoms with van der Waals surface area (Å²) in [5, 5.41) is 0. The number of ether oxygens (including phenoxy) is 1. The summed E-state index contributed by atoms with van der Waals surface area (Å²) in [5.74, 6) is -9.19. The average molecular weight is 494 g/mol. The zero-order chi connectivity index (χ0) is 25.4. The number of rotatable bonds is 5. The first-order valence-corrected chi connectivity index (χ1v) is 9.26. The predicted molar refractivity (Wildman–Crippen MR) is 102 cm³/mol. The Hall–Kier alpha value is -3.50. The normalized spacial score (nSPS) is 12.4. The minimum atomic E-state index is -4.90. The molecule has 1 nitrogen and oxygen atoms in total. The highest BCUT2D eigenvalue weighted by Crippen LogP contribution is 2.38. The number of benzene rings is 3. The van der Waals surface area contributed by atoms with Crippen LogP contribution in [0.3, 0.4) is 0 Å². The fraction of sp³-hybridized carbons (Fsp3) is 0.130. The average Bonchev–Trinajstić information content (AvgIpc) is 2.65. The molecule has 0 aliphatic heterocycles. The van der Waals surface area contributed by atoms with Crippen molar-refractivity contribution >= 4 is 6.08 Å². The van der Waals surface area contributed by atoms with Gasteiger partial charge in [0, 0.05) is 29.3 Å². The molecule has 0 N–H and O–H groups in total. The van der Waals surface area contributed by atoms with Gasteiger partial charge in [-0.2, -0.15) is 22.0 Å². The highest BCUT2D eigenvalue weighted by atomic mass is 19.4. The molecule has 0 bridgehead atoms. The molecular formula is C23H12F10O. The molecule has 3 rings (SSSR count). The van der Waals surface area contributed by atoms with Crippen molar-refractivity contribution in [1.29, 1.82) is 0 Å². The third-order valence-electron chi connectivity index (χ3n) is 4.51. The van der Waals surface area contributed by atoms with Crippen LogP contribution in [0.1, 0.15) is 16.7 Å². The second kappa shape index (κ2) is 9.03. The van der Waals surface area contributed by atoms with Gasteiger partial charge >= 0.3 is 12.3 Å². The van der Waals surface area contributed by atoms with Crippen LogP contribution in [0.5, 0.6) is 5.75 Å². The number of halogens is 10. The summed E-state index contributed by atoms with van der Waals surface area (Å²) in [4.78, 5) is 0. The van der Waals surface area contributed by atoms with Gasteiger partial charge in [0.1, 0.15) is 40.4 Å². The predicted octanol–water partition coefficient (Wildman–Crippen LogP) is 8.06. The van der Waals surface area contributed by atoms with Crippen LogP contribution in [0.25, 0.3) is 17.2 Å². The second-order valence-electron chi connectivity index (χ2n) is 7.09. The topological polar surface area (TPSA) is 9.23 Å². The van der Waals surface area contributed by atoms with Crippen LogP contribution in [0.4, 0.5) is 43.9 Å². The maximum absolute atomic E-state index is 14.5. The van der Waals surface area contributed by atoms with Gasteiger partial charge in [-0.3, -0.25) is 0 Å². The lowest BCUT2D eigenvalue weighted by Crippen LogP contribution is -2.25. The number of alkyl halides is 5. The monoisotopic (exact) mass is 494 g/mol. The van der Waals surface area contributed by atoms with E-state index < -0.39 is 69.9 Å². The van der Waals surface area contributed by atoms with Crippen molar-refractivity contribution in [3.05, 3.63) is 94.3 Å². The van der Waals surface area contributed by atoms with Crippen LogP contribution in [0.15, 0.2) is 48.5 Å². The van der Waals surface area contributed by atoms with Gasteiger partial charge in [-0.15, -0.1) is 0 Å². The minimum Gasteiger partial charge on any atom is -0.429 e. The fourth-order valence-corrected chi connectivity index (χ4v) is 3.02. The first-order valence-electron chi connectivity index (χ1n) is 9.26. The van der Waals surface area contributed by atoms with Gasteiger partial charge in [0.25, 0.3) is 0 Å². The maximum atomic E-state index is 14.5. The van der Waals surface area contributed by atoms with Crippen molar-refractivity contribution in [2.45, 2.75) is 19.2 Å². The van der Waals surface area contributed by atoms with Crippen LogP contribution in [0, 0.1) is 36.0 Å². The second-order valence-corrected chi connectivity index (χ2v) is 7.09. The third-order valence-corrected chi connectivity index (χ3v) is 4.51.